The maximum absolute atomic E-state index is 12.3. The summed E-state index contributed by atoms with van der Waals surface area (Å²) in [7, 11) is 0. The molecule has 1 aliphatic rings. The van der Waals surface area contributed by atoms with Crippen LogP contribution in [0, 0.1) is 6.92 Å². The zero-order valence-electron chi connectivity index (χ0n) is 12.9. The summed E-state index contributed by atoms with van der Waals surface area (Å²) in [5.41, 5.74) is 1.20. The van der Waals surface area contributed by atoms with Crippen molar-refractivity contribution >= 4 is 17.2 Å². The van der Waals surface area contributed by atoms with Gasteiger partial charge in [0.1, 0.15) is 0 Å². The Labute approximate surface area is 140 Å². The molecule has 0 saturated carbocycles. The molecule has 1 amide bonds. The maximum atomic E-state index is 12.3. The average Bonchev–Trinajstić information content (AvgIpc) is 3.15. The van der Waals surface area contributed by atoms with Gasteiger partial charge in [-0.1, -0.05) is 5.16 Å². The van der Waals surface area contributed by atoms with Gasteiger partial charge in [0.05, 0.1) is 16.4 Å². The van der Waals surface area contributed by atoms with Gasteiger partial charge in [0.25, 0.3) is 11.5 Å². The highest BCUT2D eigenvalue weighted by molar-refractivity contribution is 7.12. The van der Waals surface area contributed by atoms with Crippen LogP contribution in [0.5, 0.6) is 0 Å². The van der Waals surface area contributed by atoms with Crippen molar-refractivity contribution in [1.29, 1.82) is 0 Å². The van der Waals surface area contributed by atoms with Gasteiger partial charge in [-0.15, -0.1) is 11.3 Å². The van der Waals surface area contributed by atoms with E-state index in [1.807, 2.05) is 18.4 Å². The number of pyridine rings is 1. The molecule has 4 rings (SSSR count). The summed E-state index contributed by atoms with van der Waals surface area (Å²) in [6.07, 6.45) is 1.55. The number of hydrogen-bond acceptors (Lipinski definition) is 6. The van der Waals surface area contributed by atoms with Gasteiger partial charge in [-0.3, -0.25) is 9.59 Å². The summed E-state index contributed by atoms with van der Waals surface area (Å²) in [5, 5.41) is 5.84. The number of nitrogens with zero attached hydrogens (tertiary/aromatic N) is 3. The third kappa shape index (κ3) is 2.54. The lowest BCUT2D eigenvalue weighted by atomic mass is 10.00. The van der Waals surface area contributed by atoms with Crippen molar-refractivity contribution in [2.75, 3.05) is 13.1 Å². The predicted octanol–water partition coefficient (Wildman–Crippen LogP) is 2.03. The average molecular weight is 342 g/mol. The van der Waals surface area contributed by atoms with Gasteiger partial charge in [-0.2, -0.15) is 4.98 Å². The van der Waals surface area contributed by atoms with Crippen LogP contribution in [0.2, 0.25) is 0 Å². The van der Waals surface area contributed by atoms with E-state index in [1.165, 1.54) is 11.3 Å². The first kappa shape index (κ1) is 14.8. The summed E-state index contributed by atoms with van der Waals surface area (Å²) in [6.45, 7) is 3.06. The fraction of sp³-hybridized carbons (Fsp3) is 0.250. The topological polar surface area (TPSA) is 92.1 Å². The third-order valence-electron chi connectivity index (χ3n) is 3.96. The summed E-state index contributed by atoms with van der Waals surface area (Å²) < 4.78 is 5.27. The lowest BCUT2D eigenvalue weighted by Gasteiger charge is -2.36. The van der Waals surface area contributed by atoms with Gasteiger partial charge in [0.2, 0.25) is 11.7 Å². The third-order valence-corrected chi connectivity index (χ3v) is 5.00. The molecule has 1 saturated heterocycles. The monoisotopic (exact) mass is 342 g/mol. The molecule has 1 aliphatic heterocycles. The van der Waals surface area contributed by atoms with Crippen molar-refractivity contribution < 1.29 is 9.32 Å². The molecule has 0 radical (unpaired) electrons. The van der Waals surface area contributed by atoms with Crippen LogP contribution in [-0.4, -0.2) is 39.0 Å². The fourth-order valence-electron chi connectivity index (χ4n) is 2.61. The number of carbonyl (C=O) groups excluding carboxylic acids is 1. The van der Waals surface area contributed by atoms with Crippen LogP contribution >= 0.6 is 11.3 Å². The van der Waals surface area contributed by atoms with Gasteiger partial charge in [0, 0.05) is 19.3 Å². The first-order valence-electron chi connectivity index (χ1n) is 7.48. The van der Waals surface area contributed by atoms with Crippen LogP contribution in [0.1, 0.15) is 27.0 Å². The molecule has 1 fully saturated rings. The van der Waals surface area contributed by atoms with Gasteiger partial charge in [-0.05, 0) is 36.1 Å². The lowest BCUT2D eigenvalue weighted by molar-refractivity contribution is 0.0574. The number of likely N-dealkylation sites (tertiary alicyclic amines) is 1. The molecule has 0 atom stereocenters. The number of amides is 1. The smallest absolute Gasteiger partial charge is 0.263 e. The zero-order valence-corrected chi connectivity index (χ0v) is 13.7. The molecule has 1 N–H and O–H groups in total. The summed E-state index contributed by atoms with van der Waals surface area (Å²) in [6, 6.07) is 5.25. The van der Waals surface area contributed by atoms with E-state index in [0.29, 0.717) is 24.5 Å². The number of thiophene rings is 1. The van der Waals surface area contributed by atoms with Crippen LogP contribution < -0.4 is 5.56 Å². The molecule has 0 aromatic carbocycles. The van der Waals surface area contributed by atoms with Crippen molar-refractivity contribution in [2.24, 2.45) is 0 Å². The highest BCUT2D eigenvalue weighted by atomic mass is 32.1. The second kappa shape index (κ2) is 5.72. The van der Waals surface area contributed by atoms with E-state index in [0.717, 1.165) is 10.4 Å². The van der Waals surface area contributed by atoms with Crippen molar-refractivity contribution in [1.82, 2.24) is 20.0 Å². The molecule has 0 bridgehead atoms. The Morgan fingerprint density at radius 2 is 2.29 bits per heavy atom. The summed E-state index contributed by atoms with van der Waals surface area (Å²) in [5.74, 6) is 0.771. The Kier molecular flexibility index (Phi) is 3.53. The fourth-order valence-corrected chi connectivity index (χ4v) is 3.47. The molecule has 0 spiro atoms. The number of aromatic nitrogens is 3. The highest BCUT2D eigenvalue weighted by Crippen LogP contribution is 2.29. The molecule has 0 aliphatic carbocycles. The molecule has 0 unspecified atom stereocenters. The minimum atomic E-state index is -0.261. The Hall–Kier alpha value is -2.74. The molecule has 24 heavy (non-hydrogen) atoms. The summed E-state index contributed by atoms with van der Waals surface area (Å²) in [4.78, 5) is 33.4. The van der Waals surface area contributed by atoms with Crippen LogP contribution in [0.4, 0.5) is 0 Å². The lowest BCUT2D eigenvalue weighted by Crippen LogP contribution is -2.48. The van der Waals surface area contributed by atoms with Gasteiger partial charge >= 0.3 is 0 Å². The van der Waals surface area contributed by atoms with Gasteiger partial charge in [0.15, 0.2) is 0 Å². The second-order valence-corrected chi connectivity index (χ2v) is 6.68. The van der Waals surface area contributed by atoms with E-state index in [9.17, 15) is 9.59 Å². The standard InChI is InChI=1S/C16H14N4O3S/c1-9-5-12(24-8-9)16(22)20-6-10(7-20)15-18-13(19-23-15)11-3-2-4-17-14(11)21/h2-5,8,10H,6-7H2,1H3,(H,17,21). The molecule has 3 aromatic heterocycles. The Bertz CT molecular complexity index is 952. The molecule has 8 heteroatoms. The summed E-state index contributed by atoms with van der Waals surface area (Å²) >= 11 is 1.45. The van der Waals surface area contributed by atoms with E-state index in [4.69, 9.17) is 4.52 Å². The predicted molar refractivity (Wildman–Crippen MR) is 88.1 cm³/mol. The number of aromatic amines is 1. The minimum Gasteiger partial charge on any atom is -0.339 e. The van der Waals surface area contributed by atoms with E-state index in [2.05, 4.69) is 15.1 Å². The Balaban J connectivity index is 1.45. The van der Waals surface area contributed by atoms with Crippen LogP contribution in [0.15, 0.2) is 39.1 Å². The van der Waals surface area contributed by atoms with Crippen LogP contribution in [0.3, 0.4) is 0 Å². The number of H-pyrrole nitrogens is 1. The normalized spacial score (nSPS) is 14.6. The molecule has 4 heterocycles. The van der Waals surface area contributed by atoms with E-state index < -0.39 is 0 Å². The Morgan fingerprint density at radius 1 is 1.46 bits per heavy atom. The molecular weight excluding hydrogens is 328 g/mol. The van der Waals surface area contributed by atoms with Crippen molar-refractivity contribution in [3.63, 3.8) is 0 Å². The van der Waals surface area contributed by atoms with E-state index in [1.54, 1.807) is 23.2 Å². The molecule has 7 nitrogen and oxygen atoms in total. The second-order valence-electron chi connectivity index (χ2n) is 5.76. The molecule has 122 valence electrons. The quantitative estimate of drug-likeness (QED) is 0.786. The zero-order chi connectivity index (χ0) is 16.7. The van der Waals surface area contributed by atoms with E-state index >= 15 is 0 Å². The Morgan fingerprint density at radius 3 is 3.00 bits per heavy atom. The first-order chi connectivity index (χ1) is 11.6. The number of rotatable bonds is 3. The van der Waals surface area contributed by atoms with E-state index in [-0.39, 0.29) is 23.2 Å². The number of nitrogens with one attached hydrogen (secondary N) is 1. The minimum absolute atomic E-state index is 0.0130. The molecule has 3 aromatic rings. The number of carbonyl (C=O) groups is 1. The molecular formula is C16H14N4O3S. The number of aryl methyl sites for hydroxylation is 1. The first-order valence-corrected chi connectivity index (χ1v) is 8.36. The maximum Gasteiger partial charge on any atom is 0.263 e. The van der Waals surface area contributed by atoms with Gasteiger partial charge in [-0.25, -0.2) is 0 Å². The van der Waals surface area contributed by atoms with Gasteiger partial charge < -0.3 is 14.4 Å². The van der Waals surface area contributed by atoms with Crippen molar-refractivity contribution in [3.8, 4) is 11.4 Å². The van der Waals surface area contributed by atoms with Crippen LogP contribution in [-0.2, 0) is 0 Å². The SMILES string of the molecule is Cc1csc(C(=O)N2CC(c3nc(-c4ccc[nH]c4=O)no3)C2)c1. The van der Waals surface area contributed by atoms with Crippen LogP contribution in [0.25, 0.3) is 11.4 Å². The van der Waals surface area contributed by atoms with Crippen molar-refractivity contribution in [3.05, 3.63) is 56.5 Å². The number of hydrogen-bond donors (Lipinski definition) is 1. The highest BCUT2D eigenvalue weighted by Gasteiger charge is 2.36. The largest absolute Gasteiger partial charge is 0.339 e. The van der Waals surface area contributed by atoms with Crippen molar-refractivity contribution in [2.45, 2.75) is 12.8 Å².